The number of likely N-dealkylation sites (tertiary alicyclic amines) is 1. The molecule has 1 heterocycles. The number of ether oxygens (including phenoxy) is 1. The standard InChI is InChI=1S/C15H24N2O/c1-13-6-7-17(12-13)8-9-18-15-5-3-4-14(10-15)11-16-2/h3-5,10,13,16H,6-9,11-12H2,1-2H3. The van der Waals surface area contributed by atoms with Crippen LogP contribution in [0.15, 0.2) is 24.3 Å². The molecule has 1 fully saturated rings. The summed E-state index contributed by atoms with van der Waals surface area (Å²) in [6.45, 7) is 7.49. The topological polar surface area (TPSA) is 24.5 Å². The molecule has 0 bridgehead atoms. The van der Waals surface area contributed by atoms with Crippen LogP contribution in [-0.2, 0) is 6.54 Å². The molecule has 0 aliphatic carbocycles. The van der Waals surface area contributed by atoms with Crippen molar-refractivity contribution in [1.82, 2.24) is 10.2 Å². The molecule has 3 heteroatoms. The molecule has 0 amide bonds. The summed E-state index contributed by atoms with van der Waals surface area (Å²) in [6, 6.07) is 8.32. The van der Waals surface area contributed by atoms with Gasteiger partial charge in [0.05, 0.1) is 0 Å². The maximum absolute atomic E-state index is 5.82. The van der Waals surface area contributed by atoms with Crippen molar-refractivity contribution in [3.63, 3.8) is 0 Å². The first-order valence-corrected chi connectivity index (χ1v) is 6.86. The van der Waals surface area contributed by atoms with Crippen molar-refractivity contribution in [2.45, 2.75) is 19.9 Å². The predicted molar refractivity (Wildman–Crippen MR) is 74.9 cm³/mol. The Bertz CT molecular complexity index is 367. The molecule has 0 saturated carbocycles. The number of hydrogen-bond donors (Lipinski definition) is 1. The summed E-state index contributed by atoms with van der Waals surface area (Å²) in [5, 5.41) is 3.15. The molecule has 1 atom stereocenters. The van der Waals surface area contributed by atoms with Gasteiger partial charge < -0.3 is 10.1 Å². The first-order chi connectivity index (χ1) is 8.78. The largest absolute Gasteiger partial charge is 0.492 e. The molecule has 1 aromatic carbocycles. The highest BCUT2D eigenvalue weighted by molar-refractivity contribution is 5.28. The minimum Gasteiger partial charge on any atom is -0.492 e. The highest BCUT2D eigenvalue weighted by Gasteiger charge is 2.17. The lowest BCUT2D eigenvalue weighted by molar-refractivity contribution is 0.234. The van der Waals surface area contributed by atoms with E-state index in [1.54, 1.807) is 0 Å². The normalized spacial score (nSPS) is 20.2. The first kappa shape index (κ1) is 13.4. The first-order valence-electron chi connectivity index (χ1n) is 6.86. The van der Waals surface area contributed by atoms with Crippen molar-refractivity contribution in [1.29, 1.82) is 0 Å². The Morgan fingerprint density at radius 1 is 1.44 bits per heavy atom. The maximum atomic E-state index is 5.82. The number of nitrogens with one attached hydrogen (secondary N) is 1. The van der Waals surface area contributed by atoms with E-state index in [9.17, 15) is 0 Å². The molecule has 0 aromatic heterocycles. The van der Waals surface area contributed by atoms with Gasteiger partial charge in [-0.2, -0.15) is 0 Å². The molecule has 2 rings (SSSR count). The highest BCUT2D eigenvalue weighted by Crippen LogP contribution is 2.16. The minimum absolute atomic E-state index is 0.787. The molecule has 0 radical (unpaired) electrons. The van der Waals surface area contributed by atoms with Crippen LogP contribution in [0, 0.1) is 5.92 Å². The second-order valence-corrected chi connectivity index (χ2v) is 5.22. The van der Waals surface area contributed by atoms with Gasteiger partial charge in [-0.25, -0.2) is 0 Å². The van der Waals surface area contributed by atoms with Crippen LogP contribution in [0.4, 0.5) is 0 Å². The van der Waals surface area contributed by atoms with Crippen LogP contribution in [0.3, 0.4) is 0 Å². The molecule has 1 aliphatic heterocycles. The zero-order chi connectivity index (χ0) is 12.8. The smallest absolute Gasteiger partial charge is 0.119 e. The Hall–Kier alpha value is -1.06. The Morgan fingerprint density at radius 2 is 2.33 bits per heavy atom. The number of rotatable bonds is 6. The zero-order valence-corrected chi connectivity index (χ0v) is 11.5. The summed E-state index contributed by atoms with van der Waals surface area (Å²) in [4.78, 5) is 2.49. The molecule has 1 aromatic rings. The monoisotopic (exact) mass is 248 g/mol. The summed E-state index contributed by atoms with van der Waals surface area (Å²) in [5.41, 5.74) is 1.27. The van der Waals surface area contributed by atoms with E-state index >= 15 is 0 Å². The van der Waals surface area contributed by atoms with Crippen LogP contribution >= 0.6 is 0 Å². The molecule has 3 nitrogen and oxygen atoms in total. The quantitative estimate of drug-likeness (QED) is 0.834. The molecular weight excluding hydrogens is 224 g/mol. The van der Waals surface area contributed by atoms with Gasteiger partial charge in [0, 0.05) is 19.6 Å². The minimum atomic E-state index is 0.787. The summed E-state index contributed by atoms with van der Waals surface area (Å²) in [6.07, 6.45) is 1.33. The lowest BCUT2D eigenvalue weighted by atomic mass is 10.2. The highest BCUT2D eigenvalue weighted by atomic mass is 16.5. The van der Waals surface area contributed by atoms with E-state index in [-0.39, 0.29) is 0 Å². The molecule has 18 heavy (non-hydrogen) atoms. The summed E-state index contributed by atoms with van der Waals surface area (Å²) < 4.78 is 5.82. The number of hydrogen-bond acceptors (Lipinski definition) is 3. The fourth-order valence-corrected chi connectivity index (χ4v) is 2.47. The van der Waals surface area contributed by atoms with E-state index in [0.29, 0.717) is 0 Å². The summed E-state index contributed by atoms with van der Waals surface area (Å²) in [5.74, 6) is 1.83. The lowest BCUT2D eigenvalue weighted by Gasteiger charge is -2.15. The summed E-state index contributed by atoms with van der Waals surface area (Å²) in [7, 11) is 1.96. The number of nitrogens with zero attached hydrogens (tertiary/aromatic N) is 1. The van der Waals surface area contributed by atoms with Crippen molar-refractivity contribution in [2.24, 2.45) is 5.92 Å². The molecule has 1 N–H and O–H groups in total. The fourth-order valence-electron chi connectivity index (χ4n) is 2.47. The van der Waals surface area contributed by atoms with Crippen LogP contribution in [0.5, 0.6) is 5.75 Å². The van der Waals surface area contributed by atoms with Crippen LogP contribution in [0.1, 0.15) is 18.9 Å². The Morgan fingerprint density at radius 3 is 3.06 bits per heavy atom. The predicted octanol–water partition coefficient (Wildman–Crippen LogP) is 2.13. The molecular formula is C15H24N2O. The van der Waals surface area contributed by atoms with Crippen molar-refractivity contribution in [2.75, 3.05) is 33.3 Å². The van der Waals surface area contributed by atoms with Gasteiger partial charge in [-0.15, -0.1) is 0 Å². The van der Waals surface area contributed by atoms with E-state index in [2.05, 4.69) is 35.3 Å². The van der Waals surface area contributed by atoms with Crippen molar-refractivity contribution >= 4 is 0 Å². The maximum Gasteiger partial charge on any atom is 0.119 e. The van der Waals surface area contributed by atoms with Gasteiger partial charge in [0.25, 0.3) is 0 Å². The van der Waals surface area contributed by atoms with Crippen LogP contribution in [0.2, 0.25) is 0 Å². The molecule has 1 aliphatic rings. The van der Waals surface area contributed by atoms with E-state index in [4.69, 9.17) is 4.74 Å². The zero-order valence-electron chi connectivity index (χ0n) is 11.5. The SMILES string of the molecule is CNCc1cccc(OCCN2CCC(C)C2)c1. The van der Waals surface area contributed by atoms with Crippen molar-refractivity contribution in [3.8, 4) is 5.75 Å². The molecule has 0 spiro atoms. The van der Waals surface area contributed by atoms with Gasteiger partial charge in [-0.3, -0.25) is 4.90 Å². The van der Waals surface area contributed by atoms with E-state index in [1.165, 1.54) is 25.1 Å². The Labute approximate surface area is 110 Å². The van der Waals surface area contributed by atoms with E-state index in [1.807, 2.05) is 13.1 Å². The van der Waals surface area contributed by atoms with Gasteiger partial charge >= 0.3 is 0 Å². The molecule has 100 valence electrons. The van der Waals surface area contributed by atoms with Gasteiger partial charge in [0.2, 0.25) is 0 Å². The summed E-state index contributed by atoms with van der Waals surface area (Å²) >= 11 is 0. The second kappa shape index (κ2) is 6.76. The average Bonchev–Trinajstić information content (AvgIpc) is 2.76. The van der Waals surface area contributed by atoms with Gasteiger partial charge in [-0.1, -0.05) is 19.1 Å². The van der Waals surface area contributed by atoms with E-state index in [0.717, 1.165) is 31.4 Å². The molecule has 1 unspecified atom stereocenters. The van der Waals surface area contributed by atoms with Gasteiger partial charge in [0.1, 0.15) is 12.4 Å². The third-order valence-electron chi connectivity index (χ3n) is 3.46. The van der Waals surface area contributed by atoms with E-state index < -0.39 is 0 Å². The number of benzene rings is 1. The fraction of sp³-hybridized carbons (Fsp3) is 0.600. The van der Waals surface area contributed by atoms with Crippen molar-refractivity contribution < 1.29 is 4.74 Å². The van der Waals surface area contributed by atoms with Gasteiger partial charge in [0.15, 0.2) is 0 Å². The van der Waals surface area contributed by atoms with Crippen LogP contribution in [0.25, 0.3) is 0 Å². The Kier molecular flexibility index (Phi) is 5.02. The molecule has 1 saturated heterocycles. The van der Waals surface area contributed by atoms with Gasteiger partial charge in [-0.05, 0) is 43.6 Å². The van der Waals surface area contributed by atoms with Crippen molar-refractivity contribution in [3.05, 3.63) is 29.8 Å². The average molecular weight is 248 g/mol. The second-order valence-electron chi connectivity index (χ2n) is 5.22. The lowest BCUT2D eigenvalue weighted by Crippen LogP contribution is -2.25. The Balaban J connectivity index is 1.74. The van der Waals surface area contributed by atoms with Crippen LogP contribution < -0.4 is 10.1 Å². The third kappa shape index (κ3) is 4.00. The third-order valence-corrected chi connectivity index (χ3v) is 3.46. The van der Waals surface area contributed by atoms with Crippen LogP contribution in [-0.4, -0.2) is 38.2 Å².